The zero-order valence-corrected chi connectivity index (χ0v) is 17.8. The van der Waals surface area contributed by atoms with Crippen molar-refractivity contribution in [2.24, 2.45) is 11.3 Å². The molecule has 0 saturated carbocycles. The molecular formula is C21H23BrN2OS. The number of carbonyl (C=O) groups excluding carboxylic acids is 1. The van der Waals surface area contributed by atoms with E-state index in [1.54, 1.807) is 17.4 Å². The lowest BCUT2D eigenvalue weighted by Gasteiger charge is -2.36. The predicted octanol–water partition coefficient (Wildman–Crippen LogP) is 6.18. The fourth-order valence-electron chi connectivity index (χ4n) is 3.56. The molecule has 1 heterocycles. The van der Waals surface area contributed by atoms with E-state index < -0.39 is 0 Å². The van der Waals surface area contributed by atoms with Gasteiger partial charge in [-0.15, -0.1) is 11.3 Å². The summed E-state index contributed by atoms with van der Waals surface area (Å²) in [6.07, 6.45) is 4.18. The van der Waals surface area contributed by atoms with Crippen molar-refractivity contribution in [1.29, 1.82) is 5.26 Å². The van der Waals surface area contributed by atoms with Crippen LogP contribution in [0.3, 0.4) is 0 Å². The first kappa shape index (κ1) is 19.1. The average Bonchev–Trinajstić information content (AvgIpc) is 2.97. The summed E-state index contributed by atoms with van der Waals surface area (Å²) in [6, 6.07) is 9.66. The maximum Gasteiger partial charge on any atom is 0.257 e. The largest absolute Gasteiger partial charge is 0.312 e. The molecule has 26 heavy (non-hydrogen) atoms. The number of nitriles is 1. The van der Waals surface area contributed by atoms with Gasteiger partial charge >= 0.3 is 0 Å². The summed E-state index contributed by atoms with van der Waals surface area (Å²) in [5.74, 6) is 0.440. The van der Waals surface area contributed by atoms with Crippen molar-refractivity contribution in [3.63, 3.8) is 0 Å². The Labute approximate surface area is 167 Å². The van der Waals surface area contributed by atoms with Crippen LogP contribution in [0.25, 0.3) is 0 Å². The van der Waals surface area contributed by atoms with Gasteiger partial charge in [0.2, 0.25) is 0 Å². The van der Waals surface area contributed by atoms with E-state index in [2.05, 4.69) is 48.1 Å². The summed E-state index contributed by atoms with van der Waals surface area (Å²) in [4.78, 5) is 13.9. The molecule has 3 nitrogen and oxygen atoms in total. The molecule has 1 aliphatic rings. The van der Waals surface area contributed by atoms with Crippen molar-refractivity contribution >= 4 is 38.2 Å². The molecule has 1 aromatic heterocycles. The molecule has 0 bridgehead atoms. The van der Waals surface area contributed by atoms with Crippen molar-refractivity contribution in [2.75, 3.05) is 5.32 Å². The van der Waals surface area contributed by atoms with Crippen LogP contribution in [0, 0.1) is 22.7 Å². The van der Waals surface area contributed by atoms with Crippen molar-refractivity contribution in [3.05, 3.63) is 50.3 Å². The van der Waals surface area contributed by atoms with E-state index in [9.17, 15) is 10.1 Å². The Kier molecular flexibility index (Phi) is 5.55. The molecule has 136 valence electrons. The van der Waals surface area contributed by atoms with Crippen LogP contribution in [0.5, 0.6) is 0 Å². The topological polar surface area (TPSA) is 52.9 Å². The van der Waals surface area contributed by atoms with Gasteiger partial charge in [-0.1, -0.05) is 39.3 Å². The molecule has 1 amide bonds. The quantitative estimate of drug-likeness (QED) is 0.629. The maximum atomic E-state index is 12.6. The molecule has 1 aliphatic carbocycles. The molecule has 5 heteroatoms. The molecule has 1 atom stereocenters. The Bertz CT molecular complexity index is 879. The first-order chi connectivity index (χ1) is 12.4. The molecule has 0 radical (unpaired) electrons. The first-order valence-corrected chi connectivity index (χ1v) is 10.6. The minimum atomic E-state index is -0.182. The number of hydrogen-bond acceptors (Lipinski definition) is 3. The number of hydrogen-bond donors (Lipinski definition) is 1. The highest BCUT2D eigenvalue weighted by Gasteiger charge is 2.34. The van der Waals surface area contributed by atoms with Gasteiger partial charge in [0, 0.05) is 9.35 Å². The minimum absolute atomic E-state index is 0.182. The number of fused-ring (bicyclic) bond motifs is 1. The van der Waals surface area contributed by atoms with E-state index in [-0.39, 0.29) is 5.91 Å². The number of nitrogens with one attached hydrogen (secondary N) is 1. The van der Waals surface area contributed by atoms with E-state index in [1.165, 1.54) is 4.88 Å². The number of thiophene rings is 1. The zero-order chi connectivity index (χ0) is 18.9. The zero-order valence-electron chi connectivity index (χ0n) is 15.4. The Morgan fingerprint density at radius 1 is 1.42 bits per heavy atom. The van der Waals surface area contributed by atoms with Crippen molar-refractivity contribution in [1.82, 2.24) is 0 Å². The summed E-state index contributed by atoms with van der Waals surface area (Å²) in [5, 5.41) is 13.3. The number of benzene rings is 1. The maximum absolute atomic E-state index is 12.6. The number of nitrogens with zero attached hydrogens (tertiary/aromatic N) is 1. The molecule has 0 aliphatic heterocycles. The van der Waals surface area contributed by atoms with Crippen LogP contribution < -0.4 is 5.32 Å². The standard InChI is InChI=1S/C21H23BrN2OS/c1-4-21(2,3)13-9-10-14-16(12-23)20(26-18(14)11-13)24-19(25)15-7-5-6-8-17(15)22/h5-8,13H,4,9-11H2,1-3H3,(H,24,25)/t13-/m1/s1. The van der Waals surface area contributed by atoms with Crippen LogP contribution in [0.4, 0.5) is 5.00 Å². The molecule has 2 aromatic rings. The van der Waals surface area contributed by atoms with Gasteiger partial charge in [-0.2, -0.15) is 5.26 Å². The Balaban J connectivity index is 1.88. The predicted molar refractivity (Wildman–Crippen MR) is 111 cm³/mol. The summed E-state index contributed by atoms with van der Waals surface area (Å²) >= 11 is 4.99. The van der Waals surface area contributed by atoms with E-state index in [0.717, 1.165) is 35.7 Å². The summed E-state index contributed by atoms with van der Waals surface area (Å²) in [7, 11) is 0. The minimum Gasteiger partial charge on any atom is -0.312 e. The average molecular weight is 431 g/mol. The van der Waals surface area contributed by atoms with Gasteiger partial charge in [0.15, 0.2) is 0 Å². The van der Waals surface area contributed by atoms with Crippen LogP contribution in [0.1, 0.15) is 60.0 Å². The number of rotatable bonds is 4. The van der Waals surface area contributed by atoms with E-state index in [1.807, 2.05) is 18.2 Å². The third-order valence-corrected chi connectivity index (χ3v) is 7.60. The van der Waals surface area contributed by atoms with Gasteiger partial charge in [-0.25, -0.2) is 0 Å². The number of halogens is 1. The van der Waals surface area contributed by atoms with Crippen molar-refractivity contribution in [3.8, 4) is 6.07 Å². The summed E-state index contributed by atoms with van der Waals surface area (Å²) < 4.78 is 0.752. The SMILES string of the molecule is CCC(C)(C)[C@@H]1CCc2c(sc(NC(=O)c3ccccc3Br)c2C#N)C1. The van der Waals surface area contributed by atoms with E-state index in [0.29, 0.717) is 27.5 Å². The highest BCUT2D eigenvalue weighted by atomic mass is 79.9. The van der Waals surface area contributed by atoms with Crippen molar-refractivity contribution < 1.29 is 4.79 Å². The van der Waals surface area contributed by atoms with Crippen LogP contribution in [-0.2, 0) is 12.8 Å². The molecule has 0 spiro atoms. The van der Waals surface area contributed by atoms with Crippen LogP contribution in [0.15, 0.2) is 28.7 Å². The highest BCUT2D eigenvalue weighted by molar-refractivity contribution is 9.10. The van der Waals surface area contributed by atoms with Crippen LogP contribution in [-0.4, -0.2) is 5.91 Å². The number of amides is 1. The molecule has 1 N–H and O–H groups in total. The van der Waals surface area contributed by atoms with Gasteiger partial charge in [-0.3, -0.25) is 4.79 Å². The van der Waals surface area contributed by atoms with Gasteiger partial charge in [-0.05, 0) is 64.2 Å². The van der Waals surface area contributed by atoms with E-state index in [4.69, 9.17) is 0 Å². The smallest absolute Gasteiger partial charge is 0.257 e. The summed E-state index contributed by atoms with van der Waals surface area (Å²) in [6.45, 7) is 6.90. The first-order valence-electron chi connectivity index (χ1n) is 8.98. The fraction of sp³-hybridized carbons (Fsp3) is 0.429. The second-order valence-corrected chi connectivity index (χ2v) is 9.50. The Hall–Kier alpha value is -1.64. The Morgan fingerprint density at radius 2 is 2.15 bits per heavy atom. The third-order valence-electron chi connectivity index (χ3n) is 5.74. The third kappa shape index (κ3) is 3.58. The lowest BCUT2D eigenvalue weighted by molar-refractivity contribution is 0.102. The van der Waals surface area contributed by atoms with Crippen LogP contribution in [0.2, 0.25) is 0 Å². The number of carbonyl (C=O) groups is 1. The lowest BCUT2D eigenvalue weighted by Crippen LogP contribution is -2.28. The summed E-state index contributed by atoms with van der Waals surface area (Å²) in [5.41, 5.74) is 2.67. The second kappa shape index (κ2) is 7.54. The fourth-order valence-corrected chi connectivity index (χ4v) is 5.30. The van der Waals surface area contributed by atoms with Gasteiger partial charge in [0.25, 0.3) is 5.91 Å². The van der Waals surface area contributed by atoms with Crippen molar-refractivity contribution in [2.45, 2.75) is 46.5 Å². The molecule has 0 saturated heterocycles. The second-order valence-electron chi connectivity index (χ2n) is 7.54. The molecule has 0 fully saturated rings. The number of anilines is 1. The van der Waals surface area contributed by atoms with Gasteiger partial charge < -0.3 is 5.32 Å². The van der Waals surface area contributed by atoms with Gasteiger partial charge in [0.05, 0.1) is 11.1 Å². The lowest BCUT2D eigenvalue weighted by atomic mass is 9.69. The molecule has 1 aromatic carbocycles. The molecule has 0 unspecified atom stereocenters. The highest BCUT2D eigenvalue weighted by Crippen LogP contribution is 2.45. The molecular weight excluding hydrogens is 408 g/mol. The normalized spacial score (nSPS) is 16.7. The monoisotopic (exact) mass is 430 g/mol. The van der Waals surface area contributed by atoms with Gasteiger partial charge in [0.1, 0.15) is 11.1 Å². The molecule has 3 rings (SSSR count). The van der Waals surface area contributed by atoms with Crippen LogP contribution >= 0.6 is 27.3 Å². The Morgan fingerprint density at radius 3 is 2.81 bits per heavy atom. The van der Waals surface area contributed by atoms with E-state index >= 15 is 0 Å².